The highest BCUT2D eigenvalue weighted by atomic mass is 15.2. The molecule has 2 aliphatic rings. The van der Waals surface area contributed by atoms with Crippen molar-refractivity contribution in [2.75, 3.05) is 24.5 Å². The van der Waals surface area contributed by atoms with Crippen LogP contribution < -0.4 is 10.2 Å². The fraction of sp³-hybridized carbons (Fsp3) is 0.600. The Bertz CT molecular complexity index is 394. The van der Waals surface area contributed by atoms with Crippen LogP contribution in [0, 0.1) is 6.92 Å². The average Bonchev–Trinajstić information content (AvgIpc) is 2.78. The van der Waals surface area contributed by atoms with Gasteiger partial charge in [-0.3, -0.25) is 0 Å². The molecule has 1 N–H and O–H groups in total. The number of aryl methyl sites for hydroxylation is 1. The smallest absolute Gasteiger partial charge is 0.0396 e. The predicted molar refractivity (Wildman–Crippen MR) is 72.6 cm³/mol. The van der Waals surface area contributed by atoms with Crippen LogP contribution in [-0.4, -0.2) is 25.2 Å². The molecule has 1 heterocycles. The van der Waals surface area contributed by atoms with Gasteiger partial charge in [-0.2, -0.15) is 0 Å². The van der Waals surface area contributed by atoms with Crippen molar-refractivity contribution >= 4 is 5.69 Å². The third-order valence-corrected chi connectivity index (χ3v) is 4.39. The number of nitrogens with zero attached hydrogens (tertiary/aromatic N) is 1. The fourth-order valence-corrected chi connectivity index (χ4v) is 3.47. The Morgan fingerprint density at radius 2 is 1.94 bits per heavy atom. The van der Waals surface area contributed by atoms with Crippen LogP contribution in [0.3, 0.4) is 0 Å². The second-order valence-corrected chi connectivity index (χ2v) is 5.62. The van der Waals surface area contributed by atoms with E-state index >= 15 is 0 Å². The number of hydrogen-bond donors (Lipinski definition) is 1. The molecule has 0 bridgehead atoms. The molecule has 1 saturated carbocycles. The molecule has 0 amide bonds. The zero-order chi connectivity index (χ0) is 11.7. The van der Waals surface area contributed by atoms with E-state index in [-0.39, 0.29) is 0 Å². The summed E-state index contributed by atoms with van der Waals surface area (Å²) in [5.41, 5.74) is 3.25. The average molecular weight is 230 g/mol. The first kappa shape index (κ1) is 11.1. The van der Waals surface area contributed by atoms with Crippen LogP contribution in [0.15, 0.2) is 24.3 Å². The number of benzene rings is 1. The highest BCUT2D eigenvalue weighted by Gasteiger charge is 2.37. The van der Waals surface area contributed by atoms with Gasteiger partial charge in [0, 0.05) is 30.9 Å². The molecule has 1 aromatic carbocycles. The number of hydrogen-bond acceptors (Lipinski definition) is 2. The molecule has 2 nitrogen and oxygen atoms in total. The largest absolute Gasteiger partial charge is 0.368 e. The summed E-state index contributed by atoms with van der Waals surface area (Å²) in [4.78, 5) is 2.58. The summed E-state index contributed by atoms with van der Waals surface area (Å²) in [7, 11) is 0. The normalized spacial score (nSPS) is 23.2. The van der Waals surface area contributed by atoms with Gasteiger partial charge in [0.1, 0.15) is 0 Å². The Balaban J connectivity index is 1.82. The summed E-state index contributed by atoms with van der Waals surface area (Å²) < 4.78 is 0. The molecule has 0 aromatic heterocycles. The van der Waals surface area contributed by atoms with Gasteiger partial charge < -0.3 is 10.2 Å². The topological polar surface area (TPSA) is 15.3 Å². The molecular formula is C15H22N2. The highest BCUT2D eigenvalue weighted by molar-refractivity contribution is 5.53. The Morgan fingerprint density at radius 1 is 1.18 bits per heavy atom. The lowest BCUT2D eigenvalue weighted by Crippen LogP contribution is -2.59. The van der Waals surface area contributed by atoms with Crippen LogP contribution in [0.1, 0.15) is 31.2 Å². The van der Waals surface area contributed by atoms with Crippen molar-refractivity contribution in [3.8, 4) is 0 Å². The SMILES string of the molecule is Cc1ccccc1N1CCNC2(CCCC2)C1. The molecule has 17 heavy (non-hydrogen) atoms. The van der Waals surface area contributed by atoms with Crippen molar-refractivity contribution in [3.05, 3.63) is 29.8 Å². The van der Waals surface area contributed by atoms with E-state index in [9.17, 15) is 0 Å². The first-order valence-electron chi connectivity index (χ1n) is 6.85. The van der Waals surface area contributed by atoms with E-state index in [0.717, 1.165) is 13.1 Å². The monoisotopic (exact) mass is 230 g/mol. The number of piperazine rings is 1. The van der Waals surface area contributed by atoms with Gasteiger partial charge in [0.2, 0.25) is 0 Å². The standard InChI is InChI=1S/C15H22N2/c1-13-6-2-3-7-14(13)17-11-10-16-15(12-17)8-4-5-9-15/h2-3,6-7,16H,4-5,8-12H2,1H3. The van der Waals surface area contributed by atoms with Crippen LogP contribution >= 0.6 is 0 Å². The fourth-order valence-electron chi connectivity index (χ4n) is 3.47. The van der Waals surface area contributed by atoms with Crippen LogP contribution in [0.25, 0.3) is 0 Å². The molecule has 0 unspecified atom stereocenters. The van der Waals surface area contributed by atoms with Crippen molar-refractivity contribution < 1.29 is 0 Å². The van der Waals surface area contributed by atoms with Gasteiger partial charge >= 0.3 is 0 Å². The molecule has 1 aromatic rings. The Labute approximate surface area is 104 Å². The Kier molecular flexibility index (Phi) is 2.83. The van der Waals surface area contributed by atoms with E-state index in [2.05, 4.69) is 41.4 Å². The molecule has 1 spiro atoms. The zero-order valence-corrected chi connectivity index (χ0v) is 10.7. The van der Waals surface area contributed by atoms with E-state index in [1.807, 2.05) is 0 Å². The summed E-state index contributed by atoms with van der Waals surface area (Å²) in [5.74, 6) is 0. The van der Waals surface area contributed by atoms with Crippen molar-refractivity contribution in [2.45, 2.75) is 38.1 Å². The number of para-hydroxylation sites is 1. The van der Waals surface area contributed by atoms with Gasteiger partial charge in [-0.25, -0.2) is 0 Å². The Hall–Kier alpha value is -1.02. The molecule has 0 atom stereocenters. The molecule has 3 rings (SSSR count). The molecule has 1 aliphatic carbocycles. The summed E-state index contributed by atoms with van der Waals surface area (Å²) in [6.45, 7) is 5.69. The van der Waals surface area contributed by atoms with Gasteiger partial charge in [-0.05, 0) is 31.4 Å². The minimum Gasteiger partial charge on any atom is -0.368 e. The maximum Gasteiger partial charge on any atom is 0.0396 e. The van der Waals surface area contributed by atoms with E-state index in [0.29, 0.717) is 5.54 Å². The zero-order valence-electron chi connectivity index (χ0n) is 10.7. The summed E-state index contributed by atoms with van der Waals surface area (Å²) in [6.07, 6.45) is 5.51. The van der Waals surface area contributed by atoms with Crippen LogP contribution in [0.5, 0.6) is 0 Å². The van der Waals surface area contributed by atoms with Crippen LogP contribution in [-0.2, 0) is 0 Å². The van der Waals surface area contributed by atoms with Gasteiger partial charge in [-0.15, -0.1) is 0 Å². The highest BCUT2D eigenvalue weighted by Crippen LogP contribution is 2.34. The first-order valence-corrected chi connectivity index (χ1v) is 6.85. The van der Waals surface area contributed by atoms with E-state index in [1.54, 1.807) is 0 Å². The lowest BCUT2D eigenvalue weighted by Gasteiger charge is -2.43. The van der Waals surface area contributed by atoms with Gasteiger partial charge in [0.15, 0.2) is 0 Å². The van der Waals surface area contributed by atoms with Gasteiger partial charge in [0.05, 0.1) is 0 Å². The predicted octanol–water partition coefficient (Wildman–Crippen LogP) is 2.72. The molecule has 1 aliphatic heterocycles. The minimum atomic E-state index is 0.417. The lowest BCUT2D eigenvalue weighted by molar-refractivity contribution is 0.304. The second-order valence-electron chi connectivity index (χ2n) is 5.62. The maximum absolute atomic E-state index is 3.77. The lowest BCUT2D eigenvalue weighted by atomic mass is 9.94. The molecule has 2 fully saturated rings. The summed E-state index contributed by atoms with van der Waals surface area (Å²) in [5, 5.41) is 3.77. The minimum absolute atomic E-state index is 0.417. The molecule has 92 valence electrons. The van der Waals surface area contributed by atoms with E-state index in [4.69, 9.17) is 0 Å². The van der Waals surface area contributed by atoms with Crippen LogP contribution in [0.2, 0.25) is 0 Å². The summed E-state index contributed by atoms with van der Waals surface area (Å²) >= 11 is 0. The second kappa shape index (κ2) is 4.34. The molecule has 2 heteroatoms. The number of rotatable bonds is 1. The quantitative estimate of drug-likeness (QED) is 0.798. The van der Waals surface area contributed by atoms with Gasteiger partial charge in [-0.1, -0.05) is 31.0 Å². The molecule has 0 radical (unpaired) electrons. The third-order valence-electron chi connectivity index (χ3n) is 4.39. The number of anilines is 1. The van der Waals surface area contributed by atoms with E-state index in [1.165, 1.54) is 43.5 Å². The van der Waals surface area contributed by atoms with Crippen molar-refractivity contribution in [1.29, 1.82) is 0 Å². The van der Waals surface area contributed by atoms with Crippen molar-refractivity contribution in [1.82, 2.24) is 5.32 Å². The van der Waals surface area contributed by atoms with Crippen molar-refractivity contribution in [2.24, 2.45) is 0 Å². The summed E-state index contributed by atoms with van der Waals surface area (Å²) in [6, 6.07) is 8.78. The number of nitrogens with one attached hydrogen (secondary N) is 1. The van der Waals surface area contributed by atoms with E-state index < -0.39 is 0 Å². The van der Waals surface area contributed by atoms with Crippen LogP contribution in [0.4, 0.5) is 5.69 Å². The molecular weight excluding hydrogens is 208 g/mol. The first-order chi connectivity index (χ1) is 8.29. The van der Waals surface area contributed by atoms with Gasteiger partial charge in [0.25, 0.3) is 0 Å². The third kappa shape index (κ3) is 2.06. The Morgan fingerprint density at radius 3 is 2.71 bits per heavy atom. The molecule has 1 saturated heterocycles. The van der Waals surface area contributed by atoms with Crippen molar-refractivity contribution in [3.63, 3.8) is 0 Å². The maximum atomic E-state index is 3.77.